The molecule has 8 heteroatoms. The van der Waals surface area contributed by atoms with E-state index >= 15 is 0 Å². The standard InChI is InChI=1S/C16H21F2N3O3/c1-24-8-6-19-14(22)9-13-16(23)20-5-7-21(13)10-11-3-2-4-12(17)15(11)18/h2-4,13H,5-10H2,1H3,(H,19,22)(H,20,23)/t13-/m1/s1. The van der Waals surface area contributed by atoms with E-state index < -0.39 is 17.7 Å². The number of halogens is 2. The average molecular weight is 341 g/mol. The zero-order valence-corrected chi connectivity index (χ0v) is 13.5. The summed E-state index contributed by atoms with van der Waals surface area (Å²) in [6, 6.07) is 3.22. The molecule has 0 unspecified atom stereocenters. The number of carbonyl (C=O) groups excluding carboxylic acids is 2. The second-order valence-corrected chi connectivity index (χ2v) is 5.54. The number of piperazine rings is 1. The number of methoxy groups -OCH3 is 1. The van der Waals surface area contributed by atoms with Gasteiger partial charge in [-0.15, -0.1) is 0 Å². The summed E-state index contributed by atoms with van der Waals surface area (Å²) in [6.07, 6.45) is -0.0491. The minimum absolute atomic E-state index is 0.0491. The van der Waals surface area contributed by atoms with Crippen LogP contribution >= 0.6 is 0 Å². The van der Waals surface area contributed by atoms with Crippen LogP contribution in [-0.2, 0) is 20.9 Å². The van der Waals surface area contributed by atoms with E-state index in [1.807, 2.05) is 0 Å². The molecule has 1 aromatic rings. The van der Waals surface area contributed by atoms with Crippen molar-refractivity contribution in [2.24, 2.45) is 0 Å². The maximum Gasteiger partial charge on any atom is 0.237 e. The molecule has 2 rings (SSSR count). The van der Waals surface area contributed by atoms with Gasteiger partial charge in [0.15, 0.2) is 11.6 Å². The van der Waals surface area contributed by atoms with E-state index in [2.05, 4.69) is 10.6 Å². The van der Waals surface area contributed by atoms with Gasteiger partial charge in [-0.05, 0) is 6.07 Å². The zero-order chi connectivity index (χ0) is 17.5. The lowest BCUT2D eigenvalue weighted by molar-refractivity contribution is -0.134. The first kappa shape index (κ1) is 18.3. The maximum atomic E-state index is 13.9. The van der Waals surface area contributed by atoms with Crippen LogP contribution in [0.2, 0.25) is 0 Å². The number of nitrogens with one attached hydrogen (secondary N) is 2. The normalized spacial score (nSPS) is 18.3. The molecule has 0 aromatic heterocycles. The Bertz CT molecular complexity index is 598. The number of rotatable bonds is 7. The third-order valence-corrected chi connectivity index (χ3v) is 3.85. The minimum Gasteiger partial charge on any atom is -0.383 e. The molecule has 0 saturated carbocycles. The quantitative estimate of drug-likeness (QED) is 0.705. The van der Waals surface area contributed by atoms with Crippen molar-refractivity contribution in [3.05, 3.63) is 35.4 Å². The van der Waals surface area contributed by atoms with E-state index in [4.69, 9.17) is 4.74 Å². The molecule has 2 N–H and O–H groups in total. The van der Waals surface area contributed by atoms with Crippen LogP contribution in [0.4, 0.5) is 8.78 Å². The zero-order valence-electron chi connectivity index (χ0n) is 13.5. The molecule has 6 nitrogen and oxygen atoms in total. The van der Waals surface area contributed by atoms with Crippen LogP contribution < -0.4 is 10.6 Å². The lowest BCUT2D eigenvalue weighted by Gasteiger charge is -2.34. The van der Waals surface area contributed by atoms with E-state index in [1.54, 1.807) is 4.90 Å². The first-order valence-electron chi connectivity index (χ1n) is 7.73. The summed E-state index contributed by atoms with van der Waals surface area (Å²) >= 11 is 0. The fourth-order valence-electron chi connectivity index (χ4n) is 2.60. The molecule has 1 aliphatic rings. The molecule has 132 valence electrons. The largest absolute Gasteiger partial charge is 0.383 e. The fourth-order valence-corrected chi connectivity index (χ4v) is 2.60. The number of ether oxygens (including phenoxy) is 1. The molecule has 2 amide bonds. The molecule has 1 aliphatic heterocycles. The third-order valence-electron chi connectivity index (χ3n) is 3.85. The van der Waals surface area contributed by atoms with E-state index in [9.17, 15) is 18.4 Å². The summed E-state index contributed by atoms with van der Waals surface area (Å²) in [5.41, 5.74) is 0.162. The predicted molar refractivity (Wildman–Crippen MR) is 83.1 cm³/mol. The van der Waals surface area contributed by atoms with Gasteiger partial charge in [0.2, 0.25) is 11.8 Å². The van der Waals surface area contributed by atoms with Crippen LogP contribution in [-0.4, -0.2) is 56.1 Å². The summed E-state index contributed by atoms with van der Waals surface area (Å²) in [6.45, 7) is 1.64. The molecular formula is C16H21F2N3O3. The Hall–Kier alpha value is -2.06. The SMILES string of the molecule is COCCNC(=O)C[C@@H]1C(=O)NCCN1Cc1cccc(F)c1F. The third kappa shape index (κ3) is 4.72. The van der Waals surface area contributed by atoms with Crippen LogP contribution in [0.5, 0.6) is 0 Å². The molecule has 1 fully saturated rings. The van der Waals surface area contributed by atoms with Crippen LogP contribution in [0.25, 0.3) is 0 Å². The number of benzene rings is 1. The van der Waals surface area contributed by atoms with E-state index in [1.165, 1.54) is 19.2 Å². The molecule has 1 aromatic carbocycles. The van der Waals surface area contributed by atoms with E-state index in [0.29, 0.717) is 26.2 Å². The van der Waals surface area contributed by atoms with Crippen molar-refractivity contribution in [2.75, 3.05) is 33.4 Å². The minimum atomic E-state index is -0.928. The Morgan fingerprint density at radius 1 is 1.46 bits per heavy atom. The molecule has 0 spiro atoms. The Labute approximate surface area is 139 Å². The number of nitrogens with zero attached hydrogens (tertiary/aromatic N) is 1. The van der Waals surface area contributed by atoms with Crippen LogP contribution in [0.15, 0.2) is 18.2 Å². The van der Waals surface area contributed by atoms with Crippen molar-refractivity contribution in [3.8, 4) is 0 Å². The van der Waals surface area contributed by atoms with Gasteiger partial charge in [0, 0.05) is 38.9 Å². The predicted octanol–water partition coefficient (Wildman–Crippen LogP) is 0.418. The molecule has 1 atom stereocenters. The topological polar surface area (TPSA) is 70.7 Å². The van der Waals surface area contributed by atoms with Crippen LogP contribution in [0, 0.1) is 11.6 Å². The molecule has 0 radical (unpaired) electrons. The Balaban J connectivity index is 2.04. The molecule has 1 saturated heterocycles. The van der Waals surface area contributed by atoms with Gasteiger partial charge in [0.05, 0.1) is 19.1 Å². The summed E-state index contributed by atoms with van der Waals surface area (Å²) in [7, 11) is 1.52. The van der Waals surface area contributed by atoms with Crippen molar-refractivity contribution in [3.63, 3.8) is 0 Å². The van der Waals surface area contributed by atoms with Gasteiger partial charge in [0.1, 0.15) is 0 Å². The van der Waals surface area contributed by atoms with Gasteiger partial charge in [-0.2, -0.15) is 0 Å². The highest BCUT2D eigenvalue weighted by Crippen LogP contribution is 2.17. The summed E-state index contributed by atoms with van der Waals surface area (Å²) in [4.78, 5) is 25.7. The van der Waals surface area contributed by atoms with Gasteiger partial charge < -0.3 is 15.4 Å². The second kappa shape index (κ2) is 8.70. The Morgan fingerprint density at radius 3 is 3.00 bits per heavy atom. The van der Waals surface area contributed by atoms with Crippen molar-refractivity contribution >= 4 is 11.8 Å². The summed E-state index contributed by atoms with van der Waals surface area (Å²) in [5, 5.41) is 5.35. The number of amides is 2. The van der Waals surface area contributed by atoms with Crippen molar-refractivity contribution in [1.82, 2.24) is 15.5 Å². The van der Waals surface area contributed by atoms with Crippen molar-refractivity contribution in [2.45, 2.75) is 19.0 Å². The average Bonchev–Trinajstić information content (AvgIpc) is 2.55. The van der Waals surface area contributed by atoms with Gasteiger partial charge in [-0.3, -0.25) is 14.5 Å². The van der Waals surface area contributed by atoms with Crippen molar-refractivity contribution < 1.29 is 23.1 Å². The molecular weight excluding hydrogens is 320 g/mol. The highest BCUT2D eigenvalue weighted by Gasteiger charge is 2.32. The Morgan fingerprint density at radius 2 is 2.25 bits per heavy atom. The molecule has 0 aliphatic carbocycles. The van der Waals surface area contributed by atoms with Gasteiger partial charge in [-0.25, -0.2) is 8.78 Å². The van der Waals surface area contributed by atoms with Crippen LogP contribution in [0.1, 0.15) is 12.0 Å². The van der Waals surface area contributed by atoms with Crippen molar-refractivity contribution in [1.29, 1.82) is 0 Å². The van der Waals surface area contributed by atoms with Gasteiger partial charge >= 0.3 is 0 Å². The first-order chi connectivity index (χ1) is 11.5. The fraction of sp³-hybridized carbons (Fsp3) is 0.500. The summed E-state index contributed by atoms with van der Waals surface area (Å²) in [5.74, 6) is -2.44. The molecule has 24 heavy (non-hydrogen) atoms. The monoisotopic (exact) mass is 341 g/mol. The van der Waals surface area contributed by atoms with Gasteiger partial charge in [0.25, 0.3) is 0 Å². The first-order valence-corrected chi connectivity index (χ1v) is 7.73. The van der Waals surface area contributed by atoms with Gasteiger partial charge in [-0.1, -0.05) is 12.1 Å². The molecule has 1 heterocycles. The smallest absolute Gasteiger partial charge is 0.237 e. The highest BCUT2D eigenvalue weighted by atomic mass is 19.2. The Kier molecular flexibility index (Phi) is 6.62. The number of hydrogen-bond acceptors (Lipinski definition) is 4. The lowest BCUT2D eigenvalue weighted by Crippen LogP contribution is -2.56. The number of carbonyl (C=O) groups is 2. The summed E-state index contributed by atoms with van der Waals surface area (Å²) < 4.78 is 32.0. The van der Waals surface area contributed by atoms with E-state index in [0.717, 1.165) is 6.07 Å². The highest BCUT2D eigenvalue weighted by molar-refractivity contribution is 5.88. The second-order valence-electron chi connectivity index (χ2n) is 5.54. The van der Waals surface area contributed by atoms with Crippen LogP contribution in [0.3, 0.4) is 0 Å². The lowest BCUT2D eigenvalue weighted by atomic mass is 10.1. The molecule has 0 bridgehead atoms. The number of hydrogen-bond donors (Lipinski definition) is 2. The maximum absolute atomic E-state index is 13.9. The van der Waals surface area contributed by atoms with E-state index in [-0.39, 0.29) is 30.3 Å².